The lowest BCUT2D eigenvalue weighted by Gasteiger charge is -2.34. The molecule has 0 fully saturated rings. The average Bonchev–Trinajstić information content (AvgIpc) is 2.36. The van der Waals surface area contributed by atoms with Gasteiger partial charge in [0.2, 0.25) is 0 Å². The first kappa shape index (κ1) is 16.2. The van der Waals surface area contributed by atoms with Gasteiger partial charge in [0.1, 0.15) is 0 Å². The predicted octanol–water partition coefficient (Wildman–Crippen LogP) is 3.76. The highest BCUT2D eigenvalue weighted by Crippen LogP contribution is 2.20. The molecule has 0 radical (unpaired) electrons. The molecule has 0 amide bonds. The molecule has 1 unspecified atom stereocenters. The van der Waals surface area contributed by atoms with Gasteiger partial charge in [-0.15, -0.1) is 0 Å². The summed E-state index contributed by atoms with van der Waals surface area (Å²) in [7, 11) is 2.01. The van der Waals surface area contributed by atoms with Crippen molar-refractivity contribution in [3.8, 4) is 0 Å². The van der Waals surface area contributed by atoms with Crippen LogP contribution in [0.15, 0.2) is 24.3 Å². The normalized spacial score (nSPS) is 13.8. The number of ether oxygens (including phenoxy) is 1. The summed E-state index contributed by atoms with van der Waals surface area (Å²) in [6.45, 7) is 11.6. The van der Waals surface area contributed by atoms with Gasteiger partial charge in [-0.05, 0) is 51.3 Å². The van der Waals surface area contributed by atoms with Gasteiger partial charge < -0.3 is 10.1 Å². The molecule has 0 saturated carbocycles. The molecule has 0 saturated heterocycles. The van der Waals surface area contributed by atoms with Crippen LogP contribution in [0.25, 0.3) is 0 Å². The minimum absolute atomic E-state index is 0.153. The Morgan fingerprint density at radius 1 is 1.16 bits per heavy atom. The fraction of sp³-hybridized carbons (Fsp3) is 0.647. The van der Waals surface area contributed by atoms with Gasteiger partial charge in [-0.2, -0.15) is 0 Å². The van der Waals surface area contributed by atoms with E-state index in [0.29, 0.717) is 12.0 Å². The lowest BCUT2D eigenvalue weighted by atomic mass is 9.91. The van der Waals surface area contributed by atoms with E-state index in [-0.39, 0.29) is 5.60 Å². The first-order valence-corrected chi connectivity index (χ1v) is 7.30. The first-order chi connectivity index (χ1) is 8.90. The van der Waals surface area contributed by atoms with Crippen molar-refractivity contribution in [2.45, 2.75) is 58.6 Å². The van der Waals surface area contributed by atoms with E-state index < -0.39 is 0 Å². The Bertz CT molecular complexity index is 367. The Hall–Kier alpha value is -0.860. The van der Waals surface area contributed by atoms with Crippen molar-refractivity contribution < 1.29 is 4.74 Å². The van der Waals surface area contributed by atoms with Gasteiger partial charge in [-0.3, -0.25) is 0 Å². The van der Waals surface area contributed by atoms with E-state index in [1.54, 1.807) is 0 Å². The second-order valence-corrected chi connectivity index (χ2v) is 5.98. The summed E-state index contributed by atoms with van der Waals surface area (Å²) >= 11 is 0. The molecule has 1 N–H and O–H groups in total. The standard InChI is InChI=1S/C17H29NO/c1-7-19-17(4,5)16(18-6)12-14-8-10-15(11-9-14)13(2)3/h8-11,13,16,18H,7,12H2,1-6H3. The zero-order chi connectivity index (χ0) is 14.5. The van der Waals surface area contributed by atoms with Crippen molar-refractivity contribution >= 4 is 0 Å². The second kappa shape index (κ2) is 7.06. The van der Waals surface area contributed by atoms with Crippen LogP contribution in [0.5, 0.6) is 0 Å². The van der Waals surface area contributed by atoms with Crippen LogP contribution in [-0.4, -0.2) is 25.3 Å². The number of benzene rings is 1. The van der Waals surface area contributed by atoms with Crippen molar-refractivity contribution in [1.29, 1.82) is 0 Å². The van der Waals surface area contributed by atoms with Gasteiger partial charge in [0.25, 0.3) is 0 Å². The van der Waals surface area contributed by atoms with Crippen LogP contribution in [0.4, 0.5) is 0 Å². The highest BCUT2D eigenvalue weighted by molar-refractivity contribution is 5.25. The molecule has 108 valence electrons. The molecular formula is C17H29NO. The van der Waals surface area contributed by atoms with Gasteiger partial charge in [0.15, 0.2) is 0 Å². The van der Waals surface area contributed by atoms with Gasteiger partial charge in [0, 0.05) is 12.6 Å². The Kier molecular flexibility index (Phi) is 6.02. The van der Waals surface area contributed by atoms with Crippen molar-refractivity contribution in [2.75, 3.05) is 13.7 Å². The third-order valence-corrected chi connectivity index (χ3v) is 3.79. The highest BCUT2D eigenvalue weighted by Gasteiger charge is 2.28. The second-order valence-electron chi connectivity index (χ2n) is 5.98. The quantitative estimate of drug-likeness (QED) is 0.809. The number of hydrogen-bond acceptors (Lipinski definition) is 2. The number of rotatable bonds is 7. The molecule has 1 atom stereocenters. The maximum absolute atomic E-state index is 5.85. The molecule has 0 aromatic heterocycles. The van der Waals surface area contributed by atoms with E-state index in [2.05, 4.69) is 57.3 Å². The Balaban J connectivity index is 2.75. The molecule has 0 bridgehead atoms. The summed E-state index contributed by atoms with van der Waals surface area (Å²) in [6, 6.07) is 9.27. The molecule has 2 nitrogen and oxygen atoms in total. The molecule has 19 heavy (non-hydrogen) atoms. The molecule has 0 aliphatic carbocycles. The Morgan fingerprint density at radius 2 is 1.74 bits per heavy atom. The zero-order valence-electron chi connectivity index (χ0n) is 13.3. The summed E-state index contributed by atoms with van der Waals surface area (Å²) < 4.78 is 5.85. The zero-order valence-corrected chi connectivity index (χ0v) is 13.3. The number of likely N-dealkylation sites (N-methyl/N-ethyl adjacent to an activating group) is 1. The van der Waals surface area contributed by atoms with Crippen LogP contribution in [0.1, 0.15) is 51.7 Å². The van der Waals surface area contributed by atoms with Gasteiger partial charge in [0.05, 0.1) is 5.60 Å². The summed E-state index contributed by atoms with van der Waals surface area (Å²) in [5, 5.41) is 3.39. The summed E-state index contributed by atoms with van der Waals surface area (Å²) in [6.07, 6.45) is 0.988. The molecule has 1 aromatic carbocycles. The number of nitrogens with one attached hydrogen (secondary N) is 1. The fourth-order valence-electron chi connectivity index (χ4n) is 2.44. The minimum atomic E-state index is -0.153. The molecular weight excluding hydrogens is 234 g/mol. The number of hydrogen-bond donors (Lipinski definition) is 1. The molecule has 0 aliphatic heterocycles. The third kappa shape index (κ3) is 4.63. The average molecular weight is 263 g/mol. The SMILES string of the molecule is CCOC(C)(C)C(Cc1ccc(C(C)C)cc1)NC. The van der Waals surface area contributed by atoms with E-state index in [1.165, 1.54) is 11.1 Å². The van der Waals surface area contributed by atoms with E-state index in [1.807, 2.05) is 14.0 Å². The summed E-state index contributed by atoms with van der Waals surface area (Å²) in [4.78, 5) is 0. The first-order valence-electron chi connectivity index (χ1n) is 7.30. The molecule has 0 aliphatic rings. The van der Waals surface area contributed by atoms with E-state index in [4.69, 9.17) is 4.74 Å². The predicted molar refractivity (Wildman–Crippen MR) is 82.8 cm³/mol. The maximum Gasteiger partial charge on any atom is 0.0781 e. The van der Waals surface area contributed by atoms with Crippen LogP contribution in [-0.2, 0) is 11.2 Å². The van der Waals surface area contributed by atoms with Gasteiger partial charge >= 0.3 is 0 Å². The van der Waals surface area contributed by atoms with Gasteiger partial charge in [-0.25, -0.2) is 0 Å². The monoisotopic (exact) mass is 263 g/mol. The van der Waals surface area contributed by atoms with Crippen LogP contribution in [0.2, 0.25) is 0 Å². The van der Waals surface area contributed by atoms with Crippen LogP contribution in [0, 0.1) is 0 Å². The molecule has 1 rings (SSSR count). The van der Waals surface area contributed by atoms with E-state index >= 15 is 0 Å². The summed E-state index contributed by atoms with van der Waals surface area (Å²) in [5.41, 5.74) is 2.60. The minimum Gasteiger partial charge on any atom is -0.374 e. The largest absolute Gasteiger partial charge is 0.374 e. The molecule has 2 heteroatoms. The fourth-order valence-corrected chi connectivity index (χ4v) is 2.44. The van der Waals surface area contributed by atoms with E-state index in [0.717, 1.165) is 13.0 Å². The van der Waals surface area contributed by atoms with Crippen molar-refractivity contribution in [1.82, 2.24) is 5.32 Å². The van der Waals surface area contributed by atoms with Crippen molar-refractivity contribution in [3.05, 3.63) is 35.4 Å². The van der Waals surface area contributed by atoms with Crippen LogP contribution in [0.3, 0.4) is 0 Å². The molecule has 1 aromatic rings. The third-order valence-electron chi connectivity index (χ3n) is 3.79. The van der Waals surface area contributed by atoms with E-state index in [9.17, 15) is 0 Å². The molecule has 0 heterocycles. The Morgan fingerprint density at radius 3 is 2.16 bits per heavy atom. The van der Waals surface area contributed by atoms with Crippen molar-refractivity contribution in [3.63, 3.8) is 0 Å². The van der Waals surface area contributed by atoms with Gasteiger partial charge in [-0.1, -0.05) is 38.1 Å². The van der Waals surface area contributed by atoms with Crippen LogP contribution >= 0.6 is 0 Å². The lowest BCUT2D eigenvalue weighted by Crippen LogP contribution is -2.48. The highest BCUT2D eigenvalue weighted by atomic mass is 16.5. The topological polar surface area (TPSA) is 21.3 Å². The van der Waals surface area contributed by atoms with Crippen LogP contribution < -0.4 is 5.32 Å². The lowest BCUT2D eigenvalue weighted by molar-refractivity contribution is -0.0363. The maximum atomic E-state index is 5.85. The smallest absolute Gasteiger partial charge is 0.0781 e. The molecule has 0 spiro atoms. The summed E-state index contributed by atoms with van der Waals surface area (Å²) in [5.74, 6) is 0.592. The Labute approximate surface area is 118 Å². The van der Waals surface area contributed by atoms with Crippen molar-refractivity contribution in [2.24, 2.45) is 0 Å².